The molecule has 0 saturated carbocycles. The van der Waals surface area contributed by atoms with Crippen molar-refractivity contribution in [1.82, 2.24) is 4.90 Å². The van der Waals surface area contributed by atoms with Gasteiger partial charge in [-0.15, -0.1) is 0 Å². The van der Waals surface area contributed by atoms with E-state index in [9.17, 15) is 9.59 Å². The Morgan fingerprint density at radius 1 is 1.16 bits per heavy atom. The molecule has 2 aliphatic rings. The first kappa shape index (κ1) is 16.2. The smallest absolute Gasteiger partial charge is 0.303 e. The summed E-state index contributed by atoms with van der Waals surface area (Å²) in [4.78, 5) is 25.3. The number of carboxylic acids is 1. The number of likely N-dealkylation sites (tertiary alicyclic amines) is 1. The van der Waals surface area contributed by atoms with Crippen LogP contribution in [0.15, 0.2) is 22.8 Å². The van der Waals surface area contributed by atoms with Gasteiger partial charge in [-0.1, -0.05) is 0 Å². The number of carboxylic acid groups (broad SMARTS) is 1. The van der Waals surface area contributed by atoms with Gasteiger partial charge in [0.25, 0.3) is 0 Å². The molecule has 5 heteroatoms. The molecule has 25 heavy (non-hydrogen) atoms. The van der Waals surface area contributed by atoms with Crippen molar-refractivity contribution in [3.63, 3.8) is 0 Å². The van der Waals surface area contributed by atoms with Gasteiger partial charge in [-0.2, -0.15) is 0 Å². The minimum atomic E-state index is -0.748. The average Bonchev–Trinajstić information content (AvgIpc) is 3.19. The third-order valence-electron chi connectivity index (χ3n) is 5.64. The first-order valence-electron chi connectivity index (χ1n) is 9.11. The van der Waals surface area contributed by atoms with Crippen LogP contribution in [0.1, 0.15) is 42.4 Å². The van der Waals surface area contributed by atoms with E-state index >= 15 is 0 Å². The zero-order valence-corrected chi connectivity index (χ0v) is 14.3. The molecule has 1 aromatic carbocycles. The Balaban J connectivity index is 1.43. The minimum Gasteiger partial charge on any atom is -0.481 e. The SMILES string of the molecule is O=C(O)CC1CCN(C(=O)Cc2coc3cc4c(cc23)CCC4)CC1. The Hall–Kier alpha value is -2.30. The molecule has 0 bridgehead atoms. The van der Waals surface area contributed by atoms with E-state index < -0.39 is 5.97 Å². The van der Waals surface area contributed by atoms with E-state index in [4.69, 9.17) is 9.52 Å². The zero-order chi connectivity index (χ0) is 17.4. The van der Waals surface area contributed by atoms with Gasteiger partial charge in [0.2, 0.25) is 5.91 Å². The fourth-order valence-electron chi connectivity index (χ4n) is 4.19. The molecule has 1 fully saturated rings. The van der Waals surface area contributed by atoms with E-state index in [1.807, 2.05) is 4.90 Å². The van der Waals surface area contributed by atoms with Crippen LogP contribution in [0.5, 0.6) is 0 Å². The van der Waals surface area contributed by atoms with Crippen LogP contribution in [0.2, 0.25) is 0 Å². The molecule has 0 spiro atoms. The second-order valence-corrected chi connectivity index (χ2v) is 7.33. The van der Waals surface area contributed by atoms with Crippen molar-refractivity contribution in [2.45, 2.75) is 44.9 Å². The van der Waals surface area contributed by atoms with Crippen molar-refractivity contribution in [2.24, 2.45) is 5.92 Å². The van der Waals surface area contributed by atoms with Crippen molar-refractivity contribution in [2.75, 3.05) is 13.1 Å². The molecule has 1 aliphatic carbocycles. The van der Waals surface area contributed by atoms with Crippen LogP contribution in [-0.4, -0.2) is 35.0 Å². The highest BCUT2D eigenvalue weighted by atomic mass is 16.4. The Bertz CT molecular complexity index is 814. The van der Waals surface area contributed by atoms with Crippen molar-refractivity contribution < 1.29 is 19.1 Å². The lowest BCUT2D eigenvalue weighted by atomic mass is 9.93. The number of nitrogens with zero attached hydrogens (tertiary/aromatic N) is 1. The number of aryl methyl sites for hydroxylation is 2. The summed E-state index contributed by atoms with van der Waals surface area (Å²) in [7, 11) is 0. The highest BCUT2D eigenvalue weighted by molar-refractivity contribution is 5.88. The van der Waals surface area contributed by atoms with Crippen LogP contribution < -0.4 is 0 Å². The number of rotatable bonds is 4. The van der Waals surface area contributed by atoms with Crippen LogP contribution in [0.25, 0.3) is 11.0 Å². The molecule has 0 unspecified atom stereocenters. The zero-order valence-electron chi connectivity index (χ0n) is 14.3. The van der Waals surface area contributed by atoms with E-state index in [-0.39, 0.29) is 18.2 Å². The number of fused-ring (bicyclic) bond motifs is 2. The maximum absolute atomic E-state index is 12.6. The predicted molar refractivity (Wildman–Crippen MR) is 93.5 cm³/mol. The maximum atomic E-state index is 12.6. The summed E-state index contributed by atoms with van der Waals surface area (Å²) < 4.78 is 5.69. The van der Waals surface area contributed by atoms with Crippen LogP contribution >= 0.6 is 0 Å². The van der Waals surface area contributed by atoms with Gasteiger partial charge in [-0.3, -0.25) is 9.59 Å². The molecule has 5 nitrogen and oxygen atoms in total. The summed E-state index contributed by atoms with van der Waals surface area (Å²) in [6, 6.07) is 4.33. The normalized spacial score (nSPS) is 17.8. The number of hydrogen-bond donors (Lipinski definition) is 1. The van der Waals surface area contributed by atoms with Crippen LogP contribution in [-0.2, 0) is 28.9 Å². The molecule has 0 radical (unpaired) electrons. The summed E-state index contributed by atoms with van der Waals surface area (Å²) in [6.07, 6.45) is 7.26. The van der Waals surface area contributed by atoms with Crippen molar-refractivity contribution in [1.29, 1.82) is 0 Å². The number of carbonyl (C=O) groups excluding carboxylic acids is 1. The van der Waals surface area contributed by atoms with Gasteiger partial charge < -0.3 is 14.4 Å². The first-order valence-corrected chi connectivity index (χ1v) is 9.11. The quantitative estimate of drug-likeness (QED) is 0.927. The van der Waals surface area contributed by atoms with Crippen LogP contribution in [0, 0.1) is 5.92 Å². The molecule has 2 heterocycles. The van der Waals surface area contributed by atoms with Gasteiger partial charge in [0.15, 0.2) is 0 Å². The molecule has 1 N–H and O–H groups in total. The third-order valence-corrected chi connectivity index (χ3v) is 5.64. The topological polar surface area (TPSA) is 70.8 Å². The Morgan fingerprint density at radius 3 is 2.60 bits per heavy atom. The van der Waals surface area contributed by atoms with Crippen LogP contribution in [0.3, 0.4) is 0 Å². The number of hydrogen-bond acceptors (Lipinski definition) is 3. The number of amides is 1. The average molecular weight is 341 g/mol. The van der Waals surface area contributed by atoms with E-state index in [0.29, 0.717) is 19.5 Å². The number of furan rings is 1. The summed E-state index contributed by atoms with van der Waals surface area (Å²) in [5, 5.41) is 9.95. The summed E-state index contributed by atoms with van der Waals surface area (Å²) in [5.74, 6) is -0.446. The molecule has 132 valence electrons. The Labute approximate surface area is 146 Å². The first-order chi connectivity index (χ1) is 12.1. The molecular weight excluding hydrogens is 318 g/mol. The molecule has 4 rings (SSSR count). The van der Waals surface area contributed by atoms with Gasteiger partial charge in [-0.25, -0.2) is 0 Å². The second-order valence-electron chi connectivity index (χ2n) is 7.33. The summed E-state index contributed by atoms with van der Waals surface area (Å²) in [5.41, 5.74) is 4.60. The molecule has 2 aromatic rings. The molecule has 1 saturated heterocycles. The van der Waals surface area contributed by atoms with E-state index in [2.05, 4.69) is 12.1 Å². The van der Waals surface area contributed by atoms with Crippen molar-refractivity contribution >= 4 is 22.8 Å². The van der Waals surface area contributed by atoms with Gasteiger partial charge in [0.05, 0.1) is 12.7 Å². The summed E-state index contributed by atoms with van der Waals surface area (Å²) in [6.45, 7) is 1.31. The van der Waals surface area contributed by atoms with Crippen molar-refractivity contribution in [3.05, 3.63) is 35.1 Å². The fraction of sp³-hybridized carbons (Fsp3) is 0.500. The standard InChI is InChI=1S/C20H23NO4/c22-19(21-6-4-13(5-7-21)8-20(23)24)11-16-12-25-18-10-15-3-1-2-14(15)9-17(16)18/h9-10,12-13H,1-8,11H2,(H,23,24). The highest BCUT2D eigenvalue weighted by Crippen LogP contribution is 2.31. The molecule has 1 aliphatic heterocycles. The lowest BCUT2D eigenvalue weighted by molar-refractivity contribution is -0.138. The largest absolute Gasteiger partial charge is 0.481 e. The second kappa shape index (κ2) is 6.54. The number of carbonyl (C=O) groups is 2. The van der Waals surface area contributed by atoms with E-state index in [1.54, 1.807) is 6.26 Å². The summed E-state index contributed by atoms with van der Waals surface area (Å²) >= 11 is 0. The minimum absolute atomic E-state index is 0.108. The van der Waals surface area contributed by atoms with E-state index in [0.717, 1.165) is 42.2 Å². The maximum Gasteiger partial charge on any atom is 0.303 e. The number of piperidine rings is 1. The molecular formula is C20H23NO4. The lowest BCUT2D eigenvalue weighted by Crippen LogP contribution is -2.39. The molecule has 1 amide bonds. The highest BCUT2D eigenvalue weighted by Gasteiger charge is 2.25. The lowest BCUT2D eigenvalue weighted by Gasteiger charge is -2.31. The van der Waals surface area contributed by atoms with Gasteiger partial charge >= 0.3 is 5.97 Å². The van der Waals surface area contributed by atoms with Crippen LogP contribution in [0.4, 0.5) is 0 Å². The Kier molecular flexibility index (Phi) is 4.24. The predicted octanol–water partition coefficient (Wildman–Crippen LogP) is 3.18. The number of benzene rings is 1. The third kappa shape index (κ3) is 3.28. The van der Waals surface area contributed by atoms with E-state index in [1.165, 1.54) is 17.5 Å². The monoisotopic (exact) mass is 341 g/mol. The molecule has 1 aromatic heterocycles. The number of aliphatic carboxylic acids is 1. The van der Waals surface area contributed by atoms with Crippen molar-refractivity contribution in [3.8, 4) is 0 Å². The fourth-order valence-corrected chi connectivity index (χ4v) is 4.19. The van der Waals surface area contributed by atoms with Gasteiger partial charge in [-0.05, 0) is 61.3 Å². The van der Waals surface area contributed by atoms with Gasteiger partial charge in [0.1, 0.15) is 5.58 Å². The Morgan fingerprint density at radius 2 is 1.88 bits per heavy atom. The molecule has 0 atom stereocenters. The van der Waals surface area contributed by atoms with Gasteiger partial charge in [0, 0.05) is 30.5 Å².